The van der Waals surface area contributed by atoms with Crippen molar-refractivity contribution in [1.82, 2.24) is 29.7 Å². The lowest BCUT2D eigenvalue weighted by molar-refractivity contribution is 0.882. The number of thioether (sulfide) groups is 1. The van der Waals surface area contributed by atoms with Crippen LogP contribution in [0, 0.1) is 6.92 Å². The minimum absolute atomic E-state index is 0.141. The number of H-pyrrole nitrogens is 1. The molecular formula is C23H18N6OS. The Kier molecular flexibility index (Phi) is 5.05. The molecule has 0 saturated heterocycles. The second-order valence-electron chi connectivity index (χ2n) is 7.04. The first kappa shape index (κ1) is 19.2. The standard InChI is InChI=1S/C23H18N6OS/c1-15-8-10-17(11-9-15)29-21(16-5-4-12-24-13-16)27-28-23(29)31-14-20-25-19-7-3-2-6-18(19)22(30)26-20/h2-13H,14H2,1H3,(H,25,26,30). The Morgan fingerprint density at radius 1 is 1.00 bits per heavy atom. The smallest absolute Gasteiger partial charge is 0.258 e. The van der Waals surface area contributed by atoms with E-state index in [4.69, 9.17) is 0 Å². The minimum Gasteiger partial charge on any atom is -0.309 e. The van der Waals surface area contributed by atoms with Crippen LogP contribution in [0.3, 0.4) is 0 Å². The molecule has 5 aromatic rings. The van der Waals surface area contributed by atoms with Gasteiger partial charge in [-0.15, -0.1) is 10.2 Å². The maximum atomic E-state index is 12.4. The molecule has 2 aromatic carbocycles. The van der Waals surface area contributed by atoms with E-state index in [1.54, 1.807) is 18.5 Å². The van der Waals surface area contributed by atoms with Crippen LogP contribution in [0.25, 0.3) is 28.0 Å². The first-order valence-electron chi connectivity index (χ1n) is 9.72. The van der Waals surface area contributed by atoms with Crippen LogP contribution in [-0.4, -0.2) is 29.7 Å². The second kappa shape index (κ2) is 8.16. The van der Waals surface area contributed by atoms with Gasteiger partial charge in [-0.2, -0.15) is 0 Å². The molecule has 8 heteroatoms. The van der Waals surface area contributed by atoms with Crippen LogP contribution in [0.4, 0.5) is 0 Å². The summed E-state index contributed by atoms with van der Waals surface area (Å²) in [5, 5.41) is 10.1. The number of para-hydroxylation sites is 1. The molecular weight excluding hydrogens is 408 g/mol. The fourth-order valence-corrected chi connectivity index (χ4v) is 4.13. The molecule has 0 radical (unpaired) electrons. The molecule has 5 rings (SSSR count). The number of nitrogens with zero attached hydrogens (tertiary/aromatic N) is 5. The summed E-state index contributed by atoms with van der Waals surface area (Å²) < 4.78 is 2.00. The zero-order valence-corrected chi connectivity index (χ0v) is 17.5. The summed E-state index contributed by atoms with van der Waals surface area (Å²) in [4.78, 5) is 24.0. The second-order valence-corrected chi connectivity index (χ2v) is 7.98. The normalized spacial score (nSPS) is 11.1. The zero-order valence-electron chi connectivity index (χ0n) is 16.7. The van der Waals surface area contributed by atoms with Crippen molar-refractivity contribution in [2.75, 3.05) is 0 Å². The number of pyridine rings is 1. The van der Waals surface area contributed by atoms with Gasteiger partial charge < -0.3 is 4.98 Å². The van der Waals surface area contributed by atoms with E-state index in [-0.39, 0.29) is 5.56 Å². The summed E-state index contributed by atoms with van der Waals surface area (Å²) >= 11 is 1.47. The van der Waals surface area contributed by atoms with Crippen molar-refractivity contribution >= 4 is 22.7 Å². The number of aromatic nitrogens is 6. The van der Waals surface area contributed by atoms with E-state index in [2.05, 4.69) is 44.2 Å². The van der Waals surface area contributed by atoms with Gasteiger partial charge in [-0.3, -0.25) is 14.3 Å². The Labute approximate surface area is 182 Å². The summed E-state index contributed by atoms with van der Waals surface area (Å²) in [6.07, 6.45) is 3.50. The highest BCUT2D eigenvalue weighted by atomic mass is 32.2. The maximum absolute atomic E-state index is 12.4. The van der Waals surface area contributed by atoms with E-state index in [0.29, 0.717) is 33.5 Å². The van der Waals surface area contributed by atoms with Crippen molar-refractivity contribution in [3.05, 3.63) is 94.8 Å². The fraction of sp³-hybridized carbons (Fsp3) is 0.0870. The lowest BCUT2D eigenvalue weighted by atomic mass is 10.2. The number of benzene rings is 2. The third kappa shape index (κ3) is 3.85. The van der Waals surface area contributed by atoms with E-state index in [9.17, 15) is 4.79 Å². The molecule has 7 nitrogen and oxygen atoms in total. The summed E-state index contributed by atoms with van der Waals surface area (Å²) in [5.41, 5.74) is 3.54. The van der Waals surface area contributed by atoms with Crippen LogP contribution >= 0.6 is 11.8 Å². The van der Waals surface area contributed by atoms with Gasteiger partial charge in [-0.1, -0.05) is 41.6 Å². The summed E-state index contributed by atoms with van der Waals surface area (Å²) in [5.74, 6) is 1.76. The van der Waals surface area contributed by atoms with Gasteiger partial charge in [0.05, 0.1) is 16.7 Å². The van der Waals surface area contributed by atoms with Crippen LogP contribution in [0.1, 0.15) is 11.4 Å². The molecule has 0 saturated carbocycles. The van der Waals surface area contributed by atoms with Crippen molar-refractivity contribution in [3.63, 3.8) is 0 Å². The Morgan fingerprint density at radius 3 is 2.65 bits per heavy atom. The van der Waals surface area contributed by atoms with Crippen molar-refractivity contribution < 1.29 is 0 Å². The topological polar surface area (TPSA) is 89.4 Å². The van der Waals surface area contributed by atoms with Crippen molar-refractivity contribution in [2.24, 2.45) is 0 Å². The molecule has 3 heterocycles. The van der Waals surface area contributed by atoms with E-state index in [1.807, 2.05) is 47.0 Å². The van der Waals surface area contributed by atoms with Gasteiger partial charge in [-0.25, -0.2) is 4.98 Å². The molecule has 31 heavy (non-hydrogen) atoms. The number of fused-ring (bicyclic) bond motifs is 1. The lowest BCUT2D eigenvalue weighted by Crippen LogP contribution is -2.11. The highest BCUT2D eigenvalue weighted by Crippen LogP contribution is 2.29. The van der Waals surface area contributed by atoms with Crippen molar-refractivity contribution in [1.29, 1.82) is 0 Å². The molecule has 3 aromatic heterocycles. The lowest BCUT2D eigenvalue weighted by Gasteiger charge is -2.10. The number of aryl methyl sites for hydroxylation is 1. The van der Waals surface area contributed by atoms with Gasteiger partial charge in [0, 0.05) is 23.6 Å². The summed E-state index contributed by atoms with van der Waals surface area (Å²) in [7, 11) is 0. The largest absolute Gasteiger partial charge is 0.309 e. The van der Waals surface area contributed by atoms with E-state index in [0.717, 1.165) is 11.3 Å². The summed E-state index contributed by atoms with van der Waals surface area (Å²) in [6.45, 7) is 2.05. The molecule has 0 atom stereocenters. The average molecular weight is 427 g/mol. The molecule has 0 aliphatic rings. The Hall–Kier alpha value is -3.78. The number of rotatable bonds is 5. The number of hydrogen-bond donors (Lipinski definition) is 1. The van der Waals surface area contributed by atoms with Crippen LogP contribution in [0.15, 0.2) is 83.0 Å². The van der Waals surface area contributed by atoms with Gasteiger partial charge >= 0.3 is 0 Å². The average Bonchev–Trinajstić information content (AvgIpc) is 3.23. The molecule has 0 bridgehead atoms. The molecule has 152 valence electrons. The highest BCUT2D eigenvalue weighted by Gasteiger charge is 2.17. The van der Waals surface area contributed by atoms with Crippen molar-refractivity contribution in [3.8, 4) is 17.1 Å². The monoisotopic (exact) mass is 426 g/mol. The van der Waals surface area contributed by atoms with Gasteiger partial charge in [0.1, 0.15) is 5.82 Å². The number of aromatic amines is 1. The first-order valence-corrected chi connectivity index (χ1v) is 10.7. The Bertz CT molecular complexity index is 1410. The molecule has 1 N–H and O–H groups in total. The van der Waals surface area contributed by atoms with E-state index in [1.165, 1.54) is 17.3 Å². The third-order valence-corrected chi connectivity index (χ3v) is 5.79. The van der Waals surface area contributed by atoms with Crippen LogP contribution < -0.4 is 5.56 Å². The van der Waals surface area contributed by atoms with Gasteiger partial charge in [-0.05, 0) is 43.3 Å². The quantitative estimate of drug-likeness (QED) is 0.424. The van der Waals surface area contributed by atoms with Crippen LogP contribution in [0.2, 0.25) is 0 Å². The summed E-state index contributed by atoms with van der Waals surface area (Å²) in [6, 6.07) is 19.3. The SMILES string of the molecule is Cc1ccc(-n2c(SCc3nc4ccccc4c(=O)[nH]3)nnc2-c2cccnc2)cc1. The first-order chi connectivity index (χ1) is 15.2. The molecule has 0 amide bonds. The highest BCUT2D eigenvalue weighted by molar-refractivity contribution is 7.98. The third-order valence-electron chi connectivity index (χ3n) is 4.85. The predicted octanol–water partition coefficient (Wildman–Crippen LogP) is 4.17. The Balaban J connectivity index is 1.53. The van der Waals surface area contributed by atoms with E-state index >= 15 is 0 Å². The van der Waals surface area contributed by atoms with Crippen LogP contribution in [-0.2, 0) is 5.75 Å². The predicted molar refractivity (Wildman–Crippen MR) is 121 cm³/mol. The molecule has 0 fully saturated rings. The van der Waals surface area contributed by atoms with Gasteiger partial charge in [0.15, 0.2) is 11.0 Å². The molecule has 0 aliphatic carbocycles. The van der Waals surface area contributed by atoms with E-state index < -0.39 is 0 Å². The molecule has 0 spiro atoms. The van der Waals surface area contributed by atoms with Gasteiger partial charge in [0.25, 0.3) is 5.56 Å². The van der Waals surface area contributed by atoms with Gasteiger partial charge in [0.2, 0.25) is 0 Å². The van der Waals surface area contributed by atoms with Crippen molar-refractivity contribution in [2.45, 2.75) is 17.8 Å². The minimum atomic E-state index is -0.141. The molecule has 0 unspecified atom stereocenters. The Morgan fingerprint density at radius 2 is 1.84 bits per heavy atom. The number of hydrogen-bond acceptors (Lipinski definition) is 6. The number of nitrogens with one attached hydrogen (secondary N) is 1. The van der Waals surface area contributed by atoms with Crippen LogP contribution in [0.5, 0.6) is 0 Å². The maximum Gasteiger partial charge on any atom is 0.258 e. The zero-order chi connectivity index (χ0) is 21.2. The fourth-order valence-electron chi connectivity index (χ4n) is 3.31. The molecule has 0 aliphatic heterocycles.